The molecule has 21 heavy (non-hydrogen) atoms. The lowest BCUT2D eigenvalue weighted by molar-refractivity contribution is 0.447. The van der Waals surface area contributed by atoms with Crippen LogP contribution in [0.1, 0.15) is 11.5 Å². The second kappa shape index (κ2) is 5.40. The van der Waals surface area contributed by atoms with Gasteiger partial charge < -0.3 is 5.32 Å². The molecule has 0 radical (unpaired) electrons. The van der Waals surface area contributed by atoms with Gasteiger partial charge in [-0.1, -0.05) is 23.7 Å². The molecule has 4 nitrogen and oxygen atoms in total. The third-order valence-corrected chi connectivity index (χ3v) is 5.03. The summed E-state index contributed by atoms with van der Waals surface area (Å²) < 4.78 is 23.8. The summed E-state index contributed by atoms with van der Waals surface area (Å²) in [7, 11) is -3.36. The number of benzene rings is 1. The molecule has 1 aromatic carbocycles. The van der Waals surface area contributed by atoms with E-state index in [2.05, 4.69) is 10.3 Å². The van der Waals surface area contributed by atoms with Crippen molar-refractivity contribution in [2.75, 3.05) is 19.3 Å². The lowest BCUT2D eigenvalue weighted by Gasteiger charge is -2.27. The lowest BCUT2D eigenvalue weighted by Crippen LogP contribution is -2.39. The van der Waals surface area contributed by atoms with E-state index in [1.807, 2.05) is 18.3 Å². The number of hydrogen-bond acceptors (Lipinski definition) is 4. The predicted molar refractivity (Wildman–Crippen MR) is 83.4 cm³/mol. The molecule has 3 rings (SSSR count). The van der Waals surface area contributed by atoms with Gasteiger partial charge in [0.25, 0.3) is 0 Å². The second-order valence-corrected chi connectivity index (χ2v) is 7.67. The lowest BCUT2D eigenvalue weighted by atomic mass is 9.95. The summed E-state index contributed by atoms with van der Waals surface area (Å²) in [6, 6.07) is 8.72. The number of halogens is 1. The summed E-state index contributed by atoms with van der Waals surface area (Å²) in [4.78, 5) is 4.63. The van der Waals surface area contributed by atoms with Crippen molar-refractivity contribution in [3.05, 3.63) is 47.1 Å². The van der Waals surface area contributed by atoms with Gasteiger partial charge in [-0.15, -0.1) is 0 Å². The Kier molecular flexibility index (Phi) is 3.73. The third-order valence-electron chi connectivity index (χ3n) is 3.66. The van der Waals surface area contributed by atoms with E-state index in [9.17, 15) is 8.42 Å². The maximum atomic E-state index is 11.9. The minimum atomic E-state index is -3.36. The van der Waals surface area contributed by atoms with Crippen LogP contribution >= 0.6 is 11.6 Å². The summed E-state index contributed by atoms with van der Waals surface area (Å²) in [6.07, 6.45) is 3.00. The molecule has 1 fully saturated rings. The molecule has 1 aliphatic rings. The molecule has 2 aromatic rings. The average molecular weight is 323 g/mol. The smallest absolute Gasteiger partial charge is 0.176 e. The van der Waals surface area contributed by atoms with Crippen molar-refractivity contribution in [1.29, 1.82) is 0 Å². The van der Waals surface area contributed by atoms with Gasteiger partial charge in [-0.2, -0.15) is 0 Å². The van der Waals surface area contributed by atoms with Gasteiger partial charge in [-0.3, -0.25) is 4.98 Å². The zero-order valence-corrected chi connectivity index (χ0v) is 13.1. The van der Waals surface area contributed by atoms with Gasteiger partial charge in [0.05, 0.1) is 10.6 Å². The monoisotopic (exact) mass is 322 g/mol. The van der Waals surface area contributed by atoms with E-state index in [4.69, 9.17) is 11.6 Å². The summed E-state index contributed by atoms with van der Waals surface area (Å²) >= 11 is 5.91. The van der Waals surface area contributed by atoms with Gasteiger partial charge in [-0.25, -0.2) is 8.42 Å². The minimum Gasteiger partial charge on any atom is -0.315 e. The van der Waals surface area contributed by atoms with Crippen molar-refractivity contribution >= 4 is 21.4 Å². The Morgan fingerprint density at radius 2 is 2.00 bits per heavy atom. The van der Waals surface area contributed by atoms with Crippen LogP contribution in [0.4, 0.5) is 0 Å². The Bertz CT molecular complexity index is 769. The zero-order chi connectivity index (χ0) is 15.0. The van der Waals surface area contributed by atoms with Gasteiger partial charge in [0, 0.05) is 42.0 Å². The first kappa shape index (κ1) is 14.5. The SMILES string of the molecule is CS(=O)(=O)c1cc(Cl)ccc1-c1ccc(C2CNC2)cn1. The van der Waals surface area contributed by atoms with Gasteiger partial charge >= 0.3 is 0 Å². The number of hydrogen-bond donors (Lipinski definition) is 1. The molecule has 0 atom stereocenters. The van der Waals surface area contributed by atoms with Crippen molar-refractivity contribution in [3.63, 3.8) is 0 Å². The molecule has 1 aromatic heterocycles. The number of rotatable bonds is 3. The largest absolute Gasteiger partial charge is 0.315 e. The van der Waals surface area contributed by atoms with E-state index in [0.29, 0.717) is 22.2 Å². The van der Waals surface area contributed by atoms with Crippen molar-refractivity contribution < 1.29 is 8.42 Å². The summed E-state index contributed by atoms with van der Waals surface area (Å²) in [5, 5.41) is 3.62. The van der Waals surface area contributed by atoms with Gasteiger partial charge in [0.1, 0.15) is 0 Å². The molecule has 1 aliphatic heterocycles. The molecular formula is C15H15ClN2O2S. The molecule has 0 bridgehead atoms. The quantitative estimate of drug-likeness (QED) is 0.943. The van der Waals surface area contributed by atoms with Crippen LogP contribution in [0.15, 0.2) is 41.4 Å². The molecule has 0 amide bonds. The number of nitrogens with one attached hydrogen (secondary N) is 1. The highest BCUT2D eigenvalue weighted by molar-refractivity contribution is 7.90. The first-order valence-corrected chi connectivity index (χ1v) is 8.89. The van der Waals surface area contributed by atoms with Crippen LogP contribution in [-0.4, -0.2) is 32.7 Å². The topological polar surface area (TPSA) is 59.1 Å². The molecule has 110 valence electrons. The summed E-state index contributed by atoms with van der Waals surface area (Å²) in [5.74, 6) is 0.506. The second-order valence-electron chi connectivity index (χ2n) is 5.24. The Morgan fingerprint density at radius 3 is 2.52 bits per heavy atom. The van der Waals surface area contributed by atoms with Gasteiger partial charge in [0.15, 0.2) is 9.84 Å². The maximum Gasteiger partial charge on any atom is 0.176 e. The Labute approximate surface area is 129 Å². The van der Waals surface area contributed by atoms with Crippen LogP contribution in [0.5, 0.6) is 0 Å². The van der Waals surface area contributed by atoms with Gasteiger partial charge in [-0.05, 0) is 23.8 Å². The van der Waals surface area contributed by atoms with Crippen LogP contribution in [0.25, 0.3) is 11.3 Å². The van der Waals surface area contributed by atoms with Crippen molar-refractivity contribution in [1.82, 2.24) is 10.3 Å². The number of pyridine rings is 1. The van der Waals surface area contributed by atoms with E-state index in [-0.39, 0.29) is 4.90 Å². The fourth-order valence-corrected chi connectivity index (χ4v) is 3.49. The zero-order valence-electron chi connectivity index (χ0n) is 11.5. The highest BCUT2D eigenvalue weighted by atomic mass is 35.5. The van der Waals surface area contributed by atoms with Crippen LogP contribution < -0.4 is 5.32 Å². The van der Waals surface area contributed by atoms with E-state index >= 15 is 0 Å². The standard InChI is InChI=1S/C15H15ClN2O2S/c1-21(19,20)15-6-12(16)3-4-13(15)14-5-2-10(9-18-14)11-7-17-8-11/h2-6,9,11,17H,7-8H2,1H3. The minimum absolute atomic E-state index is 0.209. The van der Waals surface area contributed by atoms with Crippen molar-refractivity contribution in [2.45, 2.75) is 10.8 Å². The van der Waals surface area contributed by atoms with Crippen molar-refractivity contribution in [3.8, 4) is 11.3 Å². The maximum absolute atomic E-state index is 11.9. The molecule has 0 aliphatic carbocycles. The third kappa shape index (κ3) is 2.95. The van der Waals surface area contributed by atoms with E-state index in [1.54, 1.807) is 12.1 Å². The van der Waals surface area contributed by atoms with Gasteiger partial charge in [0.2, 0.25) is 0 Å². The normalized spacial score (nSPS) is 15.7. The Balaban J connectivity index is 2.04. The molecule has 0 spiro atoms. The molecule has 1 saturated heterocycles. The molecule has 1 N–H and O–H groups in total. The fraction of sp³-hybridized carbons (Fsp3) is 0.267. The average Bonchev–Trinajstić information content (AvgIpc) is 2.37. The van der Waals surface area contributed by atoms with Crippen LogP contribution in [0, 0.1) is 0 Å². The molecular weight excluding hydrogens is 308 g/mol. The van der Waals surface area contributed by atoms with E-state index in [0.717, 1.165) is 13.1 Å². The Hall–Kier alpha value is -1.43. The first-order chi connectivity index (χ1) is 9.95. The highest BCUT2D eigenvalue weighted by Crippen LogP contribution is 2.29. The van der Waals surface area contributed by atoms with Crippen molar-refractivity contribution in [2.24, 2.45) is 0 Å². The molecule has 0 unspecified atom stereocenters. The predicted octanol–water partition coefficient (Wildman–Crippen LogP) is 2.49. The van der Waals surface area contributed by atoms with Crippen LogP contribution in [0.2, 0.25) is 5.02 Å². The van der Waals surface area contributed by atoms with E-state index < -0.39 is 9.84 Å². The molecule has 0 saturated carbocycles. The summed E-state index contributed by atoms with van der Waals surface area (Å²) in [6.45, 7) is 1.94. The summed E-state index contributed by atoms with van der Waals surface area (Å²) in [5.41, 5.74) is 2.40. The first-order valence-electron chi connectivity index (χ1n) is 6.62. The highest BCUT2D eigenvalue weighted by Gasteiger charge is 2.20. The Morgan fingerprint density at radius 1 is 1.24 bits per heavy atom. The molecule has 2 heterocycles. The fourth-order valence-electron chi connectivity index (χ4n) is 2.35. The number of aromatic nitrogens is 1. The van der Waals surface area contributed by atoms with Crippen LogP contribution in [0.3, 0.4) is 0 Å². The van der Waals surface area contributed by atoms with E-state index in [1.165, 1.54) is 17.9 Å². The van der Waals surface area contributed by atoms with Crippen LogP contribution in [-0.2, 0) is 9.84 Å². The number of nitrogens with zero attached hydrogens (tertiary/aromatic N) is 1. The molecule has 6 heteroatoms. The number of sulfone groups is 1.